The molecule has 2 aliphatic rings. The van der Waals surface area contributed by atoms with Gasteiger partial charge in [-0.15, -0.1) is 0 Å². The highest BCUT2D eigenvalue weighted by molar-refractivity contribution is 8.00. The third-order valence-corrected chi connectivity index (χ3v) is 7.59. The Morgan fingerprint density at radius 1 is 0.944 bits per heavy atom. The summed E-state index contributed by atoms with van der Waals surface area (Å²) >= 11 is 1.55. The van der Waals surface area contributed by atoms with Gasteiger partial charge in [0.2, 0.25) is 0 Å². The van der Waals surface area contributed by atoms with E-state index in [0.717, 1.165) is 59.9 Å². The molecule has 2 aliphatic heterocycles. The fourth-order valence-corrected chi connectivity index (χ4v) is 5.49. The molecule has 0 spiro atoms. The van der Waals surface area contributed by atoms with Crippen LogP contribution in [0.15, 0.2) is 76.6 Å². The molecule has 1 N–H and O–H groups in total. The van der Waals surface area contributed by atoms with Gasteiger partial charge in [0.25, 0.3) is 5.91 Å². The van der Waals surface area contributed by atoms with Crippen molar-refractivity contribution in [2.24, 2.45) is 4.99 Å². The molecule has 3 aromatic rings. The number of aliphatic imine (C=N–C) groups is 1. The van der Waals surface area contributed by atoms with E-state index in [2.05, 4.69) is 32.8 Å². The second kappa shape index (κ2) is 11.1. The van der Waals surface area contributed by atoms with Crippen LogP contribution in [0.5, 0.6) is 0 Å². The first-order valence-electron chi connectivity index (χ1n) is 12.4. The van der Waals surface area contributed by atoms with Gasteiger partial charge in [-0.2, -0.15) is 0 Å². The van der Waals surface area contributed by atoms with E-state index in [-0.39, 0.29) is 11.7 Å². The zero-order chi connectivity index (χ0) is 24.9. The lowest BCUT2D eigenvalue weighted by Crippen LogP contribution is -2.48. The summed E-state index contributed by atoms with van der Waals surface area (Å²) in [6.07, 6.45) is 4.01. The normalized spacial score (nSPS) is 15.4. The van der Waals surface area contributed by atoms with Gasteiger partial charge in [-0.05, 0) is 73.2 Å². The Hall–Kier alpha value is -3.42. The van der Waals surface area contributed by atoms with E-state index in [9.17, 15) is 9.59 Å². The number of amides is 1. The summed E-state index contributed by atoms with van der Waals surface area (Å²) in [6, 6.07) is 21.8. The molecule has 0 radical (unpaired) electrons. The number of benzene rings is 3. The standard InChI is InChI=1S/C29H30N4O2S/c1-21(34)26-9-3-2-6-24(26)20-32-16-18-33(19-17-32)29(35)23-11-13-25(14-12-23)31-36-27-10-4-7-22-8-5-15-30-28(22)27/h2-4,6-7,9-15,31H,5,8,16-20H2,1H3. The molecule has 2 heterocycles. The van der Waals surface area contributed by atoms with Crippen molar-refractivity contribution in [3.63, 3.8) is 0 Å². The maximum atomic E-state index is 13.1. The smallest absolute Gasteiger partial charge is 0.253 e. The molecule has 1 amide bonds. The van der Waals surface area contributed by atoms with Crippen LogP contribution < -0.4 is 4.72 Å². The van der Waals surface area contributed by atoms with Gasteiger partial charge < -0.3 is 9.62 Å². The number of anilines is 1. The highest BCUT2D eigenvalue weighted by atomic mass is 32.2. The summed E-state index contributed by atoms with van der Waals surface area (Å²) in [6.45, 7) is 5.27. The van der Waals surface area contributed by atoms with Gasteiger partial charge in [0.1, 0.15) is 0 Å². The van der Waals surface area contributed by atoms with Crippen molar-refractivity contribution in [1.82, 2.24) is 9.80 Å². The molecule has 0 aliphatic carbocycles. The molecule has 36 heavy (non-hydrogen) atoms. The summed E-state index contributed by atoms with van der Waals surface area (Å²) in [5.41, 5.74) is 5.81. The molecular formula is C29H30N4O2S. The molecule has 5 rings (SSSR count). The molecule has 7 heteroatoms. The van der Waals surface area contributed by atoms with E-state index in [0.29, 0.717) is 18.7 Å². The van der Waals surface area contributed by atoms with Crippen LogP contribution in [-0.4, -0.2) is 53.9 Å². The van der Waals surface area contributed by atoms with Gasteiger partial charge in [-0.3, -0.25) is 19.5 Å². The number of hydrogen-bond acceptors (Lipinski definition) is 6. The van der Waals surface area contributed by atoms with Crippen LogP contribution in [0.3, 0.4) is 0 Å². The van der Waals surface area contributed by atoms with Crippen molar-refractivity contribution in [3.05, 3.63) is 89.0 Å². The second-order valence-electron chi connectivity index (χ2n) is 9.18. The minimum Gasteiger partial charge on any atom is -0.336 e. The van der Waals surface area contributed by atoms with Gasteiger partial charge in [0.05, 0.1) is 10.6 Å². The first-order valence-corrected chi connectivity index (χ1v) is 13.2. The number of ketones is 1. The zero-order valence-electron chi connectivity index (χ0n) is 20.4. The highest BCUT2D eigenvalue weighted by Gasteiger charge is 2.23. The topological polar surface area (TPSA) is 65.0 Å². The zero-order valence-corrected chi connectivity index (χ0v) is 21.3. The molecule has 0 unspecified atom stereocenters. The lowest BCUT2D eigenvalue weighted by Gasteiger charge is -2.35. The molecule has 1 fully saturated rings. The Morgan fingerprint density at radius 3 is 2.50 bits per heavy atom. The average Bonchev–Trinajstić information content (AvgIpc) is 2.92. The van der Waals surface area contributed by atoms with Crippen molar-refractivity contribution >= 4 is 41.2 Å². The number of piperazine rings is 1. The predicted molar refractivity (Wildman–Crippen MR) is 146 cm³/mol. The van der Waals surface area contributed by atoms with Gasteiger partial charge in [0.15, 0.2) is 5.78 Å². The number of rotatable bonds is 7. The Labute approximate surface area is 216 Å². The number of aryl methyl sites for hydroxylation is 1. The minimum atomic E-state index is 0.0597. The average molecular weight is 499 g/mol. The number of carbonyl (C=O) groups is 2. The second-order valence-corrected chi connectivity index (χ2v) is 10.0. The van der Waals surface area contributed by atoms with Crippen LogP contribution in [0.4, 0.5) is 11.4 Å². The van der Waals surface area contributed by atoms with Crippen molar-refractivity contribution in [3.8, 4) is 0 Å². The quantitative estimate of drug-likeness (QED) is 0.339. The lowest BCUT2D eigenvalue weighted by molar-refractivity contribution is 0.0628. The van der Waals surface area contributed by atoms with Crippen LogP contribution in [0.1, 0.15) is 45.2 Å². The van der Waals surface area contributed by atoms with E-state index in [1.807, 2.05) is 59.6 Å². The predicted octanol–water partition coefficient (Wildman–Crippen LogP) is 5.61. The highest BCUT2D eigenvalue weighted by Crippen LogP contribution is 2.35. The maximum absolute atomic E-state index is 13.1. The number of fused-ring (bicyclic) bond motifs is 1. The van der Waals surface area contributed by atoms with E-state index < -0.39 is 0 Å². The summed E-state index contributed by atoms with van der Waals surface area (Å²) < 4.78 is 3.39. The first-order chi connectivity index (χ1) is 17.6. The van der Waals surface area contributed by atoms with Crippen LogP contribution >= 0.6 is 11.9 Å². The van der Waals surface area contributed by atoms with Gasteiger partial charge >= 0.3 is 0 Å². The van der Waals surface area contributed by atoms with Crippen molar-refractivity contribution < 1.29 is 9.59 Å². The molecule has 3 aromatic carbocycles. The number of Topliss-reactive ketones (excluding diaryl/α,β-unsaturated/α-hetero) is 1. The number of carbonyl (C=O) groups excluding carboxylic acids is 2. The number of hydrogen-bond donors (Lipinski definition) is 1. The third-order valence-electron chi connectivity index (χ3n) is 6.71. The largest absolute Gasteiger partial charge is 0.336 e. The molecule has 0 aromatic heterocycles. The number of para-hydroxylation sites is 1. The van der Waals surface area contributed by atoms with Gasteiger partial charge in [0, 0.05) is 55.8 Å². The molecule has 6 nitrogen and oxygen atoms in total. The first kappa shape index (κ1) is 24.3. The van der Waals surface area contributed by atoms with E-state index >= 15 is 0 Å². The molecule has 0 bridgehead atoms. The van der Waals surface area contributed by atoms with Crippen LogP contribution in [-0.2, 0) is 13.0 Å². The third kappa shape index (κ3) is 5.53. The molecule has 0 saturated carbocycles. The minimum absolute atomic E-state index is 0.0597. The van der Waals surface area contributed by atoms with E-state index in [4.69, 9.17) is 0 Å². The Morgan fingerprint density at radius 2 is 1.72 bits per heavy atom. The Balaban J connectivity index is 1.14. The maximum Gasteiger partial charge on any atom is 0.253 e. The number of nitrogens with zero attached hydrogens (tertiary/aromatic N) is 3. The van der Waals surface area contributed by atoms with Gasteiger partial charge in [-0.1, -0.05) is 36.4 Å². The Kier molecular flexibility index (Phi) is 7.49. The van der Waals surface area contributed by atoms with Gasteiger partial charge in [-0.25, -0.2) is 0 Å². The Bertz CT molecular complexity index is 1280. The van der Waals surface area contributed by atoms with E-state index in [1.54, 1.807) is 18.9 Å². The fraction of sp³-hybridized carbons (Fsp3) is 0.276. The summed E-state index contributed by atoms with van der Waals surface area (Å²) in [4.78, 5) is 34.9. The van der Waals surface area contributed by atoms with Crippen molar-refractivity contribution in [2.75, 3.05) is 30.9 Å². The number of nitrogens with one attached hydrogen (secondary N) is 1. The molecular weight excluding hydrogens is 468 g/mol. The van der Waals surface area contributed by atoms with E-state index in [1.165, 1.54) is 5.56 Å². The molecule has 0 atom stereocenters. The summed E-state index contributed by atoms with van der Waals surface area (Å²) in [5, 5.41) is 0. The summed E-state index contributed by atoms with van der Waals surface area (Å²) in [7, 11) is 0. The summed E-state index contributed by atoms with van der Waals surface area (Å²) in [5.74, 6) is 0.150. The fourth-order valence-electron chi connectivity index (χ4n) is 4.70. The van der Waals surface area contributed by atoms with Crippen LogP contribution in [0.2, 0.25) is 0 Å². The van der Waals surface area contributed by atoms with Crippen LogP contribution in [0, 0.1) is 0 Å². The monoisotopic (exact) mass is 498 g/mol. The van der Waals surface area contributed by atoms with Crippen LogP contribution in [0.25, 0.3) is 0 Å². The van der Waals surface area contributed by atoms with Crippen molar-refractivity contribution in [1.29, 1.82) is 0 Å². The van der Waals surface area contributed by atoms with Crippen molar-refractivity contribution in [2.45, 2.75) is 31.2 Å². The molecule has 1 saturated heterocycles. The lowest BCUT2D eigenvalue weighted by atomic mass is 10.0. The molecule has 184 valence electrons. The SMILES string of the molecule is CC(=O)c1ccccc1CN1CCN(C(=O)c2ccc(NSc3cccc4c3N=CCC4)cc2)CC1.